The summed E-state index contributed by atoms with van der Waals surface area (Å²) >= 11 is 1.45. The quantitative estimate of drug-likeness (QED) is 0.0205. The zero-order valence-corrected chi connectivity index (χ0v) is 60.7. The van der Waals surface area contributed by atoms with Crippen LogP contribution in [0.1, 0.15) is 77.1 Å². The van der Waals surface area contributed by atoms with Gasteiger partial charge in [0.25, 0.3) is 5.91 Å². The zero-order valence-electron chi connectivity index (χ0n) is 59.9. The number of primary amides is 2. The van der Waals surface area contributed by atoms with E-state index in [1.807, 2.05) is 20.1 Å². The maximum atomic E-state index is 14.4. The molecule has 0 radical (unpaired) electrons. The van der Waals surface area contributed by atoms with Crippen molar-refractivity contribution < 1.29 is 87.2 Å². The van der Waals surface area contributed by atoms with E-state index in [1.165, 1.54) is 43.3 Å². The molecule has 105 heavy (non-hydrogen) atoms. The Morgan fingerprint density at radius 3 is 1.64 bits per heavy atom. The third kappa shape index (κ3) is 31.3. The molecule has 3 heterocycles. The van der Waals surface area contributed by atoms with Crippen molar-refractivity contribution in [3.63, 3.8) is 0 Å². The van der Waals surface area contributed by atoms with E-state index in [4.69, 9.17) is 16.2 Å². The summed E-state index contributed by atoms with van der Waals surface area (Å²) in [5.74, 6) is -11.7. The molecule has 1 fully saturated rings. The lowest BCUT2D eigenvalue weighted by molar-refractivity contribution is -0.140. The first-order valence-electron chi connectivity index (χ1n) is 34.4. The van der Waals surface area contributed by atoms with Gasteiger partial charge in [0.1, 0.15) is 48.0 Å². The highest BCUT2D eigenvalue weighted by Crippen LogP contribution is 2.20. The number of amides is 11. The van der Waals surface area contributed by atoms with Crippen LogP contribution >= 0.6 is 11.8 Å². The second-order valence-electron chi connectivity index (χ2n) is 26.2. The number of hydrogen-bond acceptors (Lipinski definition) is 21. The predicted octanol–water partition coefficient (Wildman–Crippen LogP) is -3.42. The fraction of sp³-hybridized carbons (Fsp3) is 0.544. The predicted molar refractivity (Wildman–Crippen MR) is 384 cm³/mol. The van der Waals surface area contributed by atoms with Crippen LogP contribution in [0, 0.1) is 11.8 Å². The molecule has 36 nitrogen and oxygen atoms in total. The van der Waals surface area contributed by atoms with Crippen LogP contribution in [0.2, 0.25) is 0 Å². The van der Waals surface area contributed by atoms with Crippen LogP contribution in [0.15, 0.2) is 67.3 Å². The number of nitrogens with one attached hydrogen (secondary N) is 11. The summed E-state index contributed by atoms with van der Waals surface area (Å²) in [5.41, 5.74) is 13.3. The second kappa shape index (κ2) is 43.8. The molecule has 18 N–H and O–H groups in total. The van der Waals surface area contributed by atoms with Crippen LogP contribution in [-0.2, 0) is 86.5 Å². The first kappa shape index (κ1) is 85.4. The second-order valence-corrected chi connectivity index (χ2v) is 27.2. The molecule has 576 valence electrons. The molecular formula is C68H100N18O18S. The number of aliphatic carboxylic acids is 3. The number of hydrogen-bond donors (Lipinski definition) is 16. The minimum Gasteiger partial charge on any atom is -0.484 e. The highest BCUT2D eigenvalue weighted by atomic mass is 32.2. The smallest absolute Gasteiger partial charge is 0.317 e. The number of aromatic nitrogens is 3. The number of fused-ring (bicyclic) bond motifs is 1. The summed E-state index contributed by atoms with van der Waals surface area (Å²) < 4.78 is 5.74. The van der Waals surface area contributed by atoms with Gasteiger partial charge >= 0.3 is 17.9 Å². The van der Waals surface area contributed by atoms with E-state index in [1.54, 1.807) is 76.0 Å². The van der Waals surface area contributed by atoms with Crippen molar-refractivity contribution in [1.29, 1.82) is 0 Å². The van der Waals surface area contributed by atoms with Crippen LogP contribution in [0.5, 0.6) is 5.75 Å². The van der Waals surface area contributed by atoms with Gasteiger partial charge in [-0.15, -0.1) is 0 Å². The lowest BCUT2D eigenvalue weighted by Gasteiger charge is -2.32. The molecule has 0 spiro atoms. The van der Waals surface area contributed by atoms with Crippen molar-refractivity contribution >= 4 is 106 Å². The van der Waals surface area contributed by atoms with Crippen LogP contribution in [0.3, 0.4) is 0 Å². The summed E-state index contributed by atoms with van der Waals surface area (Å²) in [5, 5.41) is 52.9. The van der Waals surface area contributed by atoms with E-state index in [0.29, 0.717) is 33.5 Å². The highest BCUT2D eigenvalue weighted by Gasteiger charge is 2.34. The van der Waals surface area contributed by atoms with Gasteiger partial charge in [-0.25, -0.2) is 4.98 Å². The van der Waals surface area contributed by atoms with Gasteiger partial charge in [0.15, 0.2) is 6.61 Å². The van der Waals surface area contributed by atoms with Gasteiger partial charge < -0.3 is 89.3 Å². The van der Waals surface area contributed by atoms with E-state index < -0.39 is 138 Å². The molecule has 4 aromatic rings. The Kier molecular flexibility index (Phi) is 35.6. The molecule has 7 atom stereocenters. The Bertz CT molecular complexity index is 3570. The number of H-pyrrole nitrogens is 2. The largest absolute Gasteiger partial charge is 0.484 e. The molecular weight excluding hydrogens is 1390 g/mol. The van der Waals surface area contributed by atoms with Crippen molar-refractivity contribution in [3.8, 4) is 5.75 Å². The van der Waals surface area contributed by atoms with Crippen molar-refractivity contribution in [3.05, 3.63) is 84.1 Å². The Balaban J connectivity index is 1.20. The Morgan fingerprint density at radius 1 is 0.562 bits per heavy atom. The van der Waals surface area contributed by atoms with Crippen molar-refractivity contribution in [2.24, 2.45) is 23.3 Å². The SMILES string of the molecule is CSCC[C@H](NC(=O)[C@H](CC(C)C)NC(=O)[C@H](Cc1c[nH]cn1)NC(=O)CNC(=O)[C@@H](NC(=O)[C@H](C)NC(=O)[C@H](Cc1c[nH]c2ccccc12)NC(=O)[C@H](CCC(N)=O)NC(=O)COc1ccc(CNC(=O)CN2CCN(CC(=O)O)CCN(CC(=O)O)CCN(CC(=O)O)CC2)cc1)C(C)C)C(N)=O. The van der Waals surface area contributed by atoms with Crippen molar-refractivity contribution in [2.75, 3.05) is 104 Å². The van der Waals surface area contributed by atoms with E-state index in [-0.39, 0.29) is 141 Å². The molecule has 0 saturated carbocycles. The summed E-state index contributed by atoms with van der Waals surface area (Å²) in [6.45, 7) is 7.67. The van der Waals surface area contributed by atoms with Crippen LogP contribution in [-0.4, -0.2) is 279 Å². The Morgan fingerprint density at radius 2 is 1.10 bits per heavy atom. The molecule has 1 aliphatic heterocycles. The lowest BCUT2D eigenvalue weighted by Crippen LogP contribution is -2.59. The first-order valence-corrected chi connectivity index (χ1v) is 35.8. The minimum atomic E-state index is -1.46. The molecule has 0 bridgehead atoms. The number of aromatic amines is 2. The van der Waals surface area contributed by atoms with Gasteiger partial charge in [-0.3, -0.25) is 86.7 Å². The van der Waals surface area contributed by atoms with Crippen molar-refractivity contribution in [1.82, 2.24) is 82.4 Å². The number of carbonyl (C=O) groups is 14. The molecule has 1 saturated heterocycles. The minimum absolute atomic E-state index is 0.0586. The van der Waals surface area contributed by atoms with Crippen LogP contribution < -0.4 is 64.1 Å². The van der Waals surface area contributed by atoms with Crippen LogP contribution in [0.25, 0.3) is 10.9 Å². The van der Waals surface area contributed by atoms with Crippen molar-refractivity contribution in [2.45, 2.75) is 122 Å². The van der Waals surface area contributed by atoms with Gasteiger partial charge in [0.2, 0.25) is 59.1 Å². The van der Waals surface area contributed by atoms with E-state index in [9.17, 15) is 82.4 Å². The summed E-state index contributed by atoms with van der Waals surface area (Å²) in [4.78, 5) is 201. The Labute approximate surface area is 611 Å². The zero-order chi connectivity index (χ0) is 77.3. The number of thioether (sulfide) groups is 1. The monoisotopic (exact) mass is 1490 g/mol. The summed E-state index contributed by atoms with van der Waals surface area (Å²) in [7, 11) is 0. The molecule has 1 aliphatic rings. The number of para-hydroxylation sites is 1. The number of benzene rings is 2. The number of carboxylic acid groups (broad SMARTS) is 3. The highest BCUT2D eigenvalue weighted by molar-refractivity contribution is 7.98. The molecule has 37 heteroatoms. The lowest BCUT2D eigenvalue weighted by atomic mass is 10.0. The molecule has 2 aromatic carbocycles. The van der Waals surface area contributed by atoms with E-state index in [2.05, 4.69) is 62.8 Å². The standard InChI is InChI=1S/C68H100N18O18S/c1-40(2)27-51(66(101)79-49(62(70)97)17-26-105-6)80-67(102)53(29-45-32-71-39-75-45)78-55(88)33-74-68(103)61(41(3)4)82-63(98)42(5)76-65(100)52(28-44-31-72-48-10-8-7-9-47(44)48)81-64(99)50(15-16-54(69)87)77-57(90)38-104-46-13-11-43(12-14-46)30-73-56(89)34-83-18-20-84(35-58(91)92)22-24-86(37-60(95)96)25-23-85(21-19-83)36-59(93)94/h7-14,31-32,39-42,49-53,61,72H,15-30,33-38H2,1-6H3,(H2,69,87)(H2,70,97)(H,71,75)(H,73,89)(H,74,103)(H,76,100)(H,77,90)(H,78,88)(H,79,101)(H,80,102)(H,81,99)(H,82,98)(H,91,92)(H,93,94)(H,95,96)/t42-,49-,50-,51-,52-,53-,61-/m0/s1. The number of nitrogens with two attached hydrogens (primary N) is 2. The van der Waals surface area contributed by atoms with Gasteiger partial charge in [-0.2, -0.15) is 11.8 Å². The number of ether oxygens (including phenoxy) is 1. The van der Waals surface area contributed by atoms with Gasteiger partial charge in [-0.05, 0) is 79.4 Å². The number of rotatable bonds is 42. The third-order valence-electron chi connectivity index (χ3n) is 16.9. The maximum absolute atomic E-state index is 14.4. The average molecular weight is 1490 g/mol. The van der Waals surface area contributed by atoms with E-state index in [0.717, 1.165) is 0 Å². The number of nitrogens with zero attached hydrogens (tertiary/aromatic N) is 5. The molecule has 5 rings (SSSR count). The number of carboxylic acids is 3. The molecule has 11 amide bonds. The third-order valence-corrected chi connectivity index (χ3v) is 17.5. The van der Waals surface area contributed by atoms with Crippen LogP contribution in [0.4, 0.5) is 0 Å². The summed E-state index contributed by atoms with van der Waals surface area (Å²) in [6, 6.07) is 4.42. The molecule has 0 aliphatic carbocycles. The van der Waals surface area contributed by atoms with Gasteiger partial charge in [0.05, 0.1) is 44.7 Å². The number of carbonyl (C=O) groups excluding carboxylic acids is 11. The van der Waals surface area contributed by atoms with E-state index >= 15 is 0 Å². The number of imidazole rings is 1. The fourth-order valence-electron chi connectivity index (χ4n) is 11.2. The normalized spacial score (nSPS) is 15.5. The fourth-order valence-corrected chi connectivity index (χ4v) is 11.7. The van der Waals surface area contributed by atoms with Gasteiger partial charge in [0, 0.05) is 101 Å². The molecule has 2 aromatic heterocycles. The molecule has 0 unspecified atom stereocenters. The topological polar surface area (TPSA) is 527 Å². The Hall–Kier alpha value is -10.2. The first-order chi connectivity index (χ1) is 49.9. The van der Waals surface area contributed by atoms with Gasteiger partial charge in [-0.1, -0.05) is 58.0 Å². The average Bonchev–Trinajstić information content (AvgIpc) is 1.72. The maximum Gasteiger partial charge on any atom is 0.317 e. The summed E-state index contributed by atoms with van der Waals surface area (Å²) in [6.07, 6.45) is 5.76.